The molecule has 0 atom stereocenters. The van der Waals surface area contributed by atoms with Crippen LogP contribution < -0.4 is 25.6 Å². The lowest BCUT2D eigenvalue weighted by Gasteiger charge is -2.32. The minimum absolute atomic E-state index is 0.274. The van der Waals surface area contributed by atoms with Crippen molar-refractivity contribution in [2.24, 2.45) is 0 Å². The molecule has 3 aromatic rings. The lowest BCUT2D eigenvalue weighted by atomic mass is 9.99. The molecule has 0 amide bonds. The molecule has 8 heteroatoms. The van der Waals surface area contributed by atoms with Crippen LogP contribution >= 0.6 is 23.8 Å². The van der Waals surface area contributed by atoms with E-state index >= 15 is 0 Å². The highest BCUT2D eigenvalue weighted by atomic mass is 35.5. The smallest absolute Gasteiger partial charge is 0.189 e. The normalized spacial score (nSPS) is 13.7. The number of nitrogens with one attached hydrogen (secondary N) is 3. The number of halogens is 2. The summed E-state index contributed by atoms with van der Waals surface area (Å²) in [6.07, 6.45) is 1.97. The zero-order chi connectivity index (χ0) is 24.3. The second-order valence-corrected chi connectivity index (χ2v) is 9.27. The Hall–Kier alpha value is -3.29. The molecular formula is C26H25ClFN3O2S. The summed E-state index contributed by atoms with van der Waals surface area (Å²) in [6, 6.07) is 17.5. The molecule has 3 N–H and O–H groups in total. The zero-order valence-corrected chi connectivity index (χ0v) is 20.6. The SMILES string of the molecule is Cc1c(Cl)cccc1NC(=S)NNC1=CC(C)(C)Oc2ccc(OCc3ccc(F)cc3)cc21. The predicted octanol–water partition coefficient (Wildman–Crippen LogP) is 6.37. The Balaban J connectivity index is 1.47. The van der Waals surface area contributed by atoms with E-state index in [1.165, 1.54) is 12.1 Å². The maximum absolute atomic E-state index is 13.1. The maximum atomic E-state index is 13.1. The van der Waals surface area contributed by atoms with Gasteiger partial charge in [-0.3, -0.25) is 10.9 Å². The van der Waals surface area contributed by atoms with Crippen LogP contribution in [0.15, 0.2) is 66.7 Å². The first-order chi connectivity index (χ1) is 16.2. The van der Waals surface area contributed by atoms with Crippen LogP contribution in [0.3, 0.4) is 0 Å². The van der Waals surface area contributed by atoms with Crippen LogP contribution in [0, 0.1) is 12.7 Å². The van der Waals surface area contributed by atoms with Crippen molar-refractivity contribution in [1.29, 1.82) is 0 Å². The summed E-state index contributed by atoms with van der Waals surface area (Å²) in [5.74, 6) is 1.11. The Labute approximate surface area is 208 Å². The lowest BCUT2D eigenvalue weighted by molar-refractivity contribution is 0.157. The summed E-state index contributed by atoms with van der Waals surface area (Å²) in [7, 11) is 0. The Bertz CT molecular complexity index is 1250. The Morgan fingerprint density at radius 1 is 1.12 bits per heavy atom. The van der Waals surface area contributed by atoms with Gasteiger partial charge >= 0.3 is 0 Å². The fourth-order valence-corrected chi connectivity index (χ4v) is 3.84. The molecule has 0 aromatic heterocycles. The van der Waals surface area contributed by atoms with Crippen molar-refractivity contribution in [3.8, 4) is 11.5 Å². The van der Waals surface area contributed by atoms with Crippen molar-refractivity contribution in [2.75, 3.05) is 5.32 Å². The van der Waals surface area contributed by atoms with Crippen molar-refractivity contribution < 1.29 is 13.9 Å². The van der Waals surface area contributed by atoms with Gasteiger partial charge in [-0.2, -0.15) is 0 Å². The van der Waals surface area contributed by atoms with Gasteiger partial charge in [0.1, 0.15) is 29.5 Å². The lowest BCUT2D eigenvalue weighted by Crippen LogP contribution is -2.41. The molecule has 34 heavy (non-hydrogen) atoms. The van der Waals surface area contributed by atoms with Gasteiger partial charge in [0.15, 0.2) is 5.11 Å². The van der Waals surface area contributed by atoms with Crippen molar-refractivity contribution in [3.05, 3.63) is 94.3 Å². The van der Waals surface area contributed by atoms with Crippen LogP contribution in [0.2, 0.25) is 5.02 Å². The van der Waals surface area contributed by atoms with Gasteiger partial charge in [-0.15, -0.1) is 0 Å². The number of fused-ring (bicyclic) bond motifs is 1. The molecule has 1 aliphatic rings. The first-order valence-electron chi connectivity index (χ1n) is 10.7. The molecule has 0 saturated heterocycles. The van der Waals surface area contributed by atoms with Crippen LogP contribution in [-0.2, 0) is 6.61 Å². The van der Waals surface area contributed by atoms with E-state index in [0.717, 1.165) is 33.8 Å². The molecular weight excluding hydrogens is 473 g/mol. The van der Waals surface area contributed by atoms with Crippen molar-refractivity contribution in [1.82, 2.24) is 10.9 Å². The first kappa shape index (κ1) is 23.9. The van der Waals surface area contributed by atoms with E-state index in [9.17, 15) is 4.39 Å². The Morgan fingerprint density at radius 3 is 2.65 bits per heavy atom. The fourth-order valence-electron chi connectivity index (χ4n) is 3.51. The van der Waals surface area contributed by atoms with Crippen LogP contribution in [0.4, 0.5) is 10.1 Å². The van der Waals surface area contributed by atoms with Crippen LogP contribution in [0.25, 0.3) is 5.70 Å². The highest BCUT2D eigenvalue weighted by Gasteiger charge is 2.27. The molecule has 0 radical (unpaired) electrons. The number of rotatable bonds is 6. The van der Waals surface area contributed by atoms with E-state index < -0.39 is 5.60 Å². The first-order valence-corrected chi connectivity index (χ1v) is 11.5. The predicted molar refractivity (Wildman–Crippen MR) is 139 cm³/mol. The van der Waals surface area contributed by atoms with Crippen LogP contribution in [0.5, 0.6) is 11.5 Å². The monoisotopic (exact) mass is 497 g/mol. The minimum Gasteiger partial charge on any atom is -0.489 e. The van der Waals surface area contributed by atoms with Gasteiger partial charge in [-0.05, 0) is 92.7 Å². The molecule has 176 valence electrons. The third-order valence-electron chi connectivity index (χ3n) is 5.25. The number of thiocarbonyl (C=S) groups is 1. The van der Waals surface area contributed by atoms with E-state index in [4.69, 9.17) is 33.3 Å². The van der Waals surface area contributed by atoms with Gasteiger partial charge in [-0.1, -0.05) is 29.8 Å². The summed E-state index contributed by atoms with van der Waals surface area (Å²) >= 11 is 11.7. The average molecular weight is 498 g/mol. The third kappa shape index (κ3) is 5.79. The molecule has 4 rings (SSSR count). The number of ether oxygens (including phenoxy) is 2. The van der Waals surface area contributed by atoms with Gasteiger partial charge in [-0.25, -0.2) is 4.39 Å². The topological polar surface area (TPSA) is 54.5 Å². The Kier molecular flexibility index (Phi) is 6.95. The Morgan fingerprint density at radius 2 is 1.88 bits per heavy atom. The van der Waals surface area contributed by atoms with Crippen molar-refractivity contribution in [3.63, 3.8) is 0 Å². The molecule has 3 aromatic carbocycles. The van der Waals surface area contributed by atoms with Gasteiger partial charge < -0.3 is 14.8 Å². The van der Waals surface area contributed by atoms with E-state index in [1.54, 1.807) is 12.1 Å². The quantitative estimate of drug-likeness (QED) is 0.272. The van der Waals surface area contributed by atoms with Crippen molar-refractivity contribution in [2.45, 2.75) is 33.0 Å². The number of anilines is 1. The van der Waals surface area contributed by atoms with Gasteiger partial charge in [0.05, 0.1) is 5.70 Å². The van der Waals surface area contributed by atoms with E-state index in [2.05, 4.69) is 16.2 Å². The molecule has 0 fully saturated rings. The van der Waals surface area contributed by atoms with Crippen molar-refractivity contribution >= 4 is 40.3 Å². The highest BCUT2D eigenvalue weighted by Crippen LogP contribution is 2.37. The summed E-state index contributed by atoms with van der Waals surface area (Å²) in [5.41, 5.74) is 9.94. The molecule has 1 heterocycles. The number of hydrogen-bond donors (Lipinski definition) is 3. The van der Waals surface area contributed by atoms with E-state index in [1.807, 2.05) is 63.2 Å². The number of benzene rings is 3. The summed E-state index contributed by atoms with van der Waals surface area (Å²) in [4.78, 5) is 0. The summed E-state index contributed by atoms with van der Waals surface area (Å²) in [6.45, 7) is 6.20. The second kappa shape index (κ2) is 9.91. The van der Waals surface area contributed by atoms with Gasteiger partial charge in [0.2, 0.25) is 0 Å². The van der Waals surface area contributed by atoms with Gasteiger partial charge in [0.25, 0.3) is 0 Å². The minimum atomic E-state index is -0.522. The summed E-state index contributed by atoms with van der Waals surface area (Å²) in [5, 5.41) is 4.21. The maximum Gasteiger partial charge on any atom is 0.189 e. The van der Waals surface area contributed by atoms with E-state index in [0.29, 0.717) is 22.5 Å². The molecule has 0 unspecified atom stereocenters. The van der Waals surface area contributed by atoms with Gasteiger partial charge in [0, 0.05) is 16.3 Å². The largest absolute Gasteiger partial charge is 0.489 e. The molecule has 0 bridgehead atoms. The third-order valence-corrected chi connectivity index (χ3v) is 5.87. The highest BCUT2D eigenvalue weighted by molar-refractivity contribution is 7.80. The van der Waals surface area contributed by atoms with Crippen LogP contribution in [0.1, 0.15) is 30.5 Å². The molecule has 5 nitrogen and oxygen atoms in total. The summed E-state index contributed by atoms with van der Waals surface area (Å²) < 4.78 is 25.2. The zero-order valence-electron chi connectivity index (χ0n) is 19.0. The van der Waals surface area contributed by atoms with Crippen LogP contribution in [-0.4, -0.2) is 10.7 Å². The fraction of sp³-hybridized carbons (Fsp3) is 0.192. The molecule has 0 saturated carbocycles. The average Bonchev–Trinajstić information content (AvgIpc) is 2.79. The second-order valence-electron chi connectivity index (χ2n) is 8.45. The number of hydrazine groups is 1. The van der Waals surface area contributed by atoms with E-state index in [-0.39, 0.29) is 5.82 Å². The molecule has 1 aliphatic heterocycles. The molecule has 0 spiro atoms. The standard InChI is InChI=1S/C26H25ClFN3O2S/c1-16-21(27)5-4-6-22(16)29-25(34)31-30-23-14-26(2,3)33-24-12-11-19(13-20(23)24)32-15-17-7-9-18(28)10-8-17/h4-14,30H,15H2,1-3H3,(H2,29,31,34). The number of hydrogen-bond acceptors (Lipinski definition) is 4. The molecule has 0 aliphatic carbocycles.